The van der Waals surface area contributed by atoms with Gasteiger partial charge < -0.3 is 37.9 Å². The molecule has 24 heteroatoms. The first-order chi connectivity index (χ1) is 26.9. The van der Waals surface area contributed by atoms with Gasteiger partial charge in [-0.3, -0.25) is 27.5 Å². The van der Waals surface area contributed by atoms with E-state index in [9.17, 15) is 24.3 Å². The smallest absolute Gasteiger partial charge is 0.408 e. The lowest BCUT2D eigenvalue weighted by atomic mass is 10.1. The molecule has 2 bridgehead atoms. The maximum Gasteiger partial charge on any atom is 0.472 e. The van der Waals surface area contributed by atoms with Gasteiger partial charge in [0.05, 0.1) is 38.4 Å². The van der Waals surface area contributed by atoms with Crippen LogP contribution in [-0.4, -0.2) is 113 Å². The summed E-state index contributed by atoms with van der Waals surface area (Å²) in [6, 6.07) is 0. The number of fused-ring (bicyclic) bond motifs is 4. The van der Waals surface area contributed by atoms with Crippen LogP contribution in [0.3, 0.4) is 0 Å². The minimum absolute atomic E-state index is 0.0177. The number of hydrogen-bond acceptors (Lipinski definition) is 15. The van der Waals surface area contributed by atoms with Crippen molar-refractivity contribution in [2.75, 3.05) is 19.8 Å². The summed E-state index contributed by atoms with van der Waals surface area (Å²) in [6.45, 7) is 4.07. The highest BCUT2D eigenvalue weighted by molar-refractivity contribution is 8.07. The fraction of sp³-hybridized carbons (Fsp3) is 0.667. The van der Waals surface area contributed by atoms with Gasteiger partial charge in [-0.1, -0.05) is 20.8 Å². The molecular formula is C33H46FN7O12P2SSi. The van der Waals surface area contributed by atoms with Crippen molar-refractivity contribution in [3.05, 3.63) is 46.8 Å². The maximum atomic E-state index is 16.7. The summed E-state index contributed by atoms with van der Waals surface area (Å²) in [5.74, 6) is 0. The van der Waals surface area contributed by atoms with Gasteiger partial charge in [-0.05, 0) is 61.2 Å². The van der Waals surface area contributed by atoms with Crippen LogP contribution in [-0.2, 0) is 67.8 Å². The molecule has 3 fully saturated rings. The van der Waals surface area contributed by atoms with Crippen LogP contribution in [0.1, 0.15) is 57.3 Å². The minimum atomic E-state index is -5.10. The number of halogens is 1. The average Bonchev–Trinajstić information content (AvgIpc) is 3.85. The van der Waals surface area contributed by atoms with E-state index in [2.05, 4.69) is 19.9 Å². The lowest BCUT2D eigenvalue weighted by Crippen LogP contribution is -2.50. The Morgan fingerprint density at radius 2 is 1.70 bits per heavy atom. The SMILES string of the molecule is CC(C)(C)[Si](C)(C)O[C@H]1[C@H]2OP(=O)(O)OC[C@H]3O[C@@H](n4cc5c6c(ncnc64)CCCC5)[C@H](F)[C@@H]3OP(O)(=S)OC[C@H]1O[C@H]2n1cnc2c(=O)n(CCO)cnc21. The van der Waals surface area contributed by atoms with E-state index in [4.69, 9.17) is 43.8 Å². The zero-order valence-electron chi connectivity index (χ0n) is 31.9. The Morgan fingerprint density at radius 3 is 2.46 bits per heavy atom. The molecule has 312 valence electrons. The number of nitrogens with zero attached hydrogens (tertiary/aromatic N) is 7. The number of ether oxygens (including phenoxy) is 2. The molecule has 57 heavy (non-hydrogen) atoms. The second-order valence-electron chi connectivity index (χ2n) is 16.2. The Bertz CT molecular complexity index is 2330. The molecule has 8 rings (SSSR count). The van der Waals surface area contributed by atoms with E-state index >= 15 is 4.39 Å². The molecule has 10 atom stereocenters. The number of aliphatic hydroxyl groups excluding tert-OH is 1. The van der Waals surface area contributed by atoms with Gasteiger partial charge in [0.2, 0.25) is 0 Å². The van der Waals surface area contributed by atoms with Crippen LogP contribution >= 0.6 is 14.5 Å². The Labute approximate surface area is 332 Å². The third-order valence-corrected chi connectivity index (χ3v) is 18.4. The molecule has 0 spiro atoms. The molecule has 4 aliphatic rings. The van der Waals surface area contributed by atoms with Crippen LogP contribution < -0.4 is 5.56 Å². The Kier molecular flexibility index (Phi) is 11.1. The molecular weight excluding hydrogens is 827 g/mol. The third-order valence-electron chi connectivity index (χ3n) is 11.4. The predicted molar refractivity (Wildman–Crippen MR) is 206 cm³/mol. The molecule has 0 amide bonds. The highest BCUT2D eigenvalue weighted by Gasteiger charge is 2.56. The van der Waals surface area contributed by atoms with E-state index in [1.165, 1.54) is 28.1 Å². The molecule has 0 radical (unpaired) electrons. The van der Waals surface area contributed by atoms with Crippen LogP contribution in [0.5, 0.6) is 0 Å². The van der Waals surface area contributed by atoms with Gasteiger partial charge in [0.25, 0.3) is 5.56 Å². The van der Waals surface area contributed by atoms with Gasteiger partial charge in [0.1, 0.15) is 48.8 Å². The van der Waals surface area contributed by atoms with Crippen molar-refractivity contribution >= 4 is 56.9 Å². The molecule has 4 aromatic heterocycles. The normalized spacial score (nSPS) is 34.1. The topological polar surface area (TPSA) is 226 Å². The number of phosphoric ester groups is 1. The fourth-order valence-electron chi connectivity index (χ4n) is 7.53. The summed E-state index contributed by atoms with van der Waals surface area (Å²) in [4.78, 5) is 53.6. The van der Waals surface area contributed by atoms with Crippen molar-refractivity contribution in [2.45, 2.75) is 120 Å². The number of aliphatic hydroxyl groups is 1. The van der Waals surface area contributed by atoms with Crippen molar-refractivity contribution in [1.82, 2.24) is 33.6 Å². The number of hydrogen-bond donors (Lipinski definition) is 3. The van der Waals surface area contributed by atoms with Crippen LogP contribution in [0, 0.1) is 0 Å². The second-order valence-corrected chi connectivity index (χ2v) is 25.1. The first-order valence-corrected chi connectivity index (χ1v) is 25.7. The average molecular weight is 874 g/mol. The van der Waals surface area contributed by atoms with Crippen LogP contribution in [0.25, 0.3) is 22.2 Å². The minimum Gasteiger partial charge on any atom is -0.408 e. The van der Waals surface area contributed by atoms with Crippen molar-refractivity contribution in [3.8, 4) is 0 Å². The summed E-state index contributed by atoms with van der Waals surface area (Å²) in [5.41, 5.74) is 1.70. The van der Waals surface area contributed by atoms with E-state index in [1.807, 2.05) is 33.9 Å². The molecule has 1 aliphatic carbocycles. The van der Waals surface area contributed by atoms with Gasteiger partial charge >= 0.3 is 14.5 Å². The molecule has 3 saturated heterocycles. The first kappa shape index (κ1) is 41.3. The van der Waals surface area contributed by atoms with Gasteiger partial charge in [-0.2, -0.15) is 0 Å². The number of imidazole rings is 1. The number of alkyl halides is 1. The molecule has 7 heterocycles. The first-order valence-electron chi connectivity index (χ1n) is 18.7. The number of aromatic nitrogens is 7. The molecule has 3 N–H and O–H groups in total. The van der Waals surface area contributed by atoms with Crippen LogP contribution in [0.15, 0.2) is 30.0 Å². The van der Waals surface area contributed by atoms with E-state index < -0.39 is 90.8 Å². The second kappa shape index (κ2) is 15.3. The van der Waals surface area contributed by atoms with E-state index in [-0.39, 0.29) is 29.4 Å². The van der Waals surface area contributed by atoms with Gasteiger partial charge in [-0.25, -0.2) is 28.9 Å². The lowest BCUT2D eigenvalue weighted by molar-refractivity contribution is -0.0641. The quantitative estimate of drug-likeness (QED) is 0.186. The largest absolute Gasteiger partial charge is 0.472 e. The Hall–Kier alpha value is -2.40. The summed E-state index contributed by atoms with van der Waals surface area (Å²) in [6.07, 6.45) is -2.31. The maximum absolute atomic E-state index is 16.7. The molecule has 19 nitrogen and oxygen atoms in total. The van der Waals surface area contributed by atoms with Crippen molar-refractivity contribution < 1.29 is 55.8 Å². The third kappa shape index (κ3) is 7.76. The summed E-state index contributed by atoms with van der Waals surface area (Å²) in [7, 11) is -7.84. The predicted octanol–water partition coefficient (Wildman–Crippen LogP) is 3.57. The summed E-state index contributed by atoms with van der Waals surface area (Å²) >= 11 is 5.45. The van der Waals surface area contributed by atoms with E-state index in [0.29, 0.717) is 5.65 Å². The zero-order valence-corrected chi connectivity index (χ0v) is 35.5. The van der Waals surface area contributed by atoms with Crippen molar-refractivity contribution in [3.63, 3.8) is 0 Å². The standard InChI is InChI=1S/C33H46FN7O12P2SSi/c1-33(2,3)57(4,5)53-26-21-14-48-55(46,56)52-25-20(49-31(23(25)34)40-12-18-8-6-7-9-19-22(18)28(40)36-15-35-19)13-47-54(44,45)51-27(26)32(50-21)41-17-37-24-29(41)38-16-39(10-11-42)30(24)43/h12,15-17,20-21,23,25-27,31-32,42H,6-11,13-14H2,1-5H3,(H,44,45)(H,46,56)/t20-,21-,23-,25-,26-,27-,31-,32-,55?/m1/s1. The summed E-state index contributed by atoms with van der Waals surface area (Å²) < 4.78 is 77.5. The van der Waals surface area contributed by atoms with Crippen LogP contribution in [0.4, 0.5) is 4.39 Å². The van der Waals surface area contributed by atoms with Crippen molar-refractivity contribution in [1.29, 1.82) is 0 Å². The van der Waals surface area contributed by atoms with Gasteiger partial charge in [0.15, 0.2) is 38.1 Å². The van der Waals surface area contributed by atoms with Gasteiger partial charge in [0, 0.05) is 11.6 Å². The fourth-order valence-corrected chi connectivity index (χ4v) is 11.2. The van der Waals surface area contributed by atoms with Crippen LogP contribution in [0.2, 0.25) is 18.1 Å². The molecule has 3 aliphatic heterocycles. The molecule has 4 aromatic rings. The molecule has 2 unspecified atom stereocenters. The Morgan fingerprint density at radius 1 is 0.965 bits per heavy atom. The summed E-state index contributed by atoms with van der Waals surface area (Å²) in [5, 5.41) is 9.88. The van der Waals surface area contributed by atoms with Crippen molar-refractivity contribution in [2.24, 2.45) is 0 Å². The monoisotopic (exact) mass is 873 g/mol. The van der Waals surface area contributed by atoms with E-state index in [1.54, 1.807) is 10.8 Å². The number of rotatable bonds is 6. The zero-order chi connectivity index (χ0) is 40.7. The number of aryl methyl sites for hydroxylation is 2. The van der Waals surface area contributed by atoms with E-state index in [0.717, 1.165) is 42.3 Å². The molecule has 0 saturated carbocycles. The van der Waals surface area contributed by atoms with Gasteiger partial charge in [-0.15, -0.1) is 0 Å². The highest BCUT2D eigenvalue weighted by atomic mass is 32.5. The number of phosphoric acid groups is 1. The highest BCUT2D eigenvalue weighted by Crippen LogP contribution is 2.55. The Balaban J connectivity index is 1.15. The molecule has 0 aromatic carbocycles. The lowest BCUT2D eigenvalue weighted by Gasteiger charge is -2.40.